The number of likely N-dealkylation sites (N-methyl/N-ethyl adjacent to an activating group) is 1. The molecule has 1 aliphatic rings. The molecule has 0 aliphatic heterocycles. The van der Waals surface area contributed by atoms with E-state index in [1.165, 1.54) is 22.2 Å². The summed E-state index contributed by atoms with van der Waals surface area (Å²) in [7, 11) is 2.23. The maximum atomic E-state index is 6.37. The van der Waals surface area contributed by atoms with E-state index in [0.717, 1.165) is 12.3 Å². The first-order valence-corrected chi connectivity index (χ1v) is 8.43. The molecule has 2 rings (SSSR count). The van der Waals surface area contributed by atoms with Crippen molar-refractivity contribution in [3.05, 3.63) is 20.8 Å². The zero-order valence-electron chi connectivity index (χ0n) is 11.4. The van der Waals surface area contributed by atoms with Crippen LogP contribution >= 0.6 is 27.3 Å². The van der Waals surface area contributed by atoms with Crippen LogP contribution in [0.15, 0.2) is 15.9 Å². The fourth-order valence-corrected chi connectivity index (χ4v) is 4.26. The van der Waals surface area contributed by atoms with Gasteiger partial charge < -0.3 is 5.73 Å². The summed E-state index contributed by atoms with van der Waals surface area (Å²) in [5.41, 5.74) is 6.37. The van der Waals surface area contributed by atoms with E-state index in [0.29, 0.717) is 12.1 Å². The molecule has 0 bridgehead atoms. The summed E-state index contributed by atoms with van der Waals surface area (Å²) in [4.78, 5) is 3.87. The van der Waals surface area contributed by atoms with Gasteiger partial charge in [-0.05, 0) is 61.1 Å². The van der Waals surface area contributed by atoms with Crippen molar-refractivity contribution in [1.29, 1.82) is 0 Å². The zero-order valence-corrected chi connectivity index (χ0v) is 13.8. The topological polar surface area (TPSA) is 29.3 Å². The highest BCUT2D eigenvalue weighted by molar-refractivity contribution is 9.10. The molecule has 2 nitrogen and oxygen atoms in total. The SMILES string of the molecule is CCC(N)C(c1cc(Br)cs1)N(C)C(C)C1CC1. The first-order valence-electron chi connectivity index (χ1n) is 6.76. The normalized spacial score (nSPS) is 21.0. The number of halogens is 1. The fourth-order valence-electron chi connectivity index (χ4n) is 2.58. The quantitative estimate of drug-likeness (QED) is 0.853. The van der Waals surface area contributed by atoms with Crippen LogP contribution in [-0.4, -0.2) is 24.0 Å². The predicted molar refractivity (Wildman–Crippen MR) is 83.0 cm³/mol. The monoisotopic (exact) mass is 330 g/mol. The predicted octanol–water partition coefficient (Wildman–Crippen LogP) is 4.02. The van der Waals surface area contributed by atoms with Gasteiger partial charge in [-0.1, -0.05) is 6.92 Å². The van der Waals surface area contributed by atoms with Gasteiger partial charge in [-0.3, -0.25) is 4.90 Å². The Kier molecular flexibility index (Phi) is 4.86. The van der Waals surface area contributed by atoms with Gasteiger partial charge in [-0.15, -0.1) is 11.3 Å². The first kappa shape index (κ1) is 14.5. The zero-order chi connectivity index (χ0) is 13.3. The van der Waals surface area contributed by atoms with E-state index in [2.05, 4.69) is 53.2 Å². The Morgan fingerprint density at radius 2 is 2.22 bits per heavy atom. The Labute approximate surface area is 123 Å². The molecule has 2 N–H and O–H groups in total. The lowest BCUT2D eigenvalue weighted by molar-refractivity contribution is 0.146. The van der Waals surface area contributed by atoms with Gasteiger partial charge in [0.1, 0.15) is 0 Å². The molecule has 4 heteroatoms. The van der Waals surface area contributed by atoms with E-state index in [-0.39, 0.29) is 6.04 Å². The maximum Gasteiger partial charge on any atom is 0.0593 e. The lowest BCUT2D eigenvalue weighted by Crippen LogP contribution is -2.43. The van der Waals surface area contributed by atoms with E-state index in [4.69, 9.17) is 5.73 Å². The van der Waals surface area contributed by atoms with Gasteiger partial charge in [-0.25, -0.2) is 0 Å². The lowest BCUT2D eigenvalue weighted by atomic mass is 10.0. The largest absolute Gasteiger partial charge is 0.326 e. The summed E-state index contributed by atoms with van der Waals surface area (Å²) in [6.07, 6.45) is 3.78. The number of thiophene rings is 1. The molecule has 0 saturated heterocycles. The number of rotatable bonds is 6. The molecule has 102 valence electrons. The van der Waals surface area contributed by atoms with E-state index in [1.54, 1.807) is 0 Å². The third-order valence-electron chi connectivity index (χ3n) is 4.14. The van der Waals surface area contributed by atoms with Crippen LogP contribution in [0.1, 0.15) is 44.0 Å². The molecule has 1 heterocycles. The van der Waals surface area contributed by atoms with Crippen molar-refractivity contribution in [3.63, 3.8) is 0 Å². The average molecular weight is 331 g/mol. The highest BCUT2D eigenvalue weighted by atomic mass is 79.9. The summed E-state index contributed by atoms with van der Waals surface area (Å²) in [6, 6.07) is 3.41. The molecule has 1 fully saturated rings. The lowest BCUT2D eigenvalue weighted by Gasteiger charge is -2.36. The molecular formula is C14H23BrN2S. The average Bonchev–Trinajstić information content (AvgIpc) is 3.12. The molecule has 0 spiro atoms. The van der Waals surface area contributed by atoms with Gasteiger partial charge in [0.2, 0.25) is 0 Å². The van der Waals surface area contributed by atoms with Crippen LogP contribution < -0.4 is 5.73 Å². The summed E-state index contributed by atoms with van der Waals surface area (Å²) in [5, 5.41) is 2.15. The molecule has 1 aliphatic carbocycles. The smallest absolute Gasteiger partial charge is 0.0593 e. The molecule has 1 aromatic heterocycles. The summed E-state index contributed by atoms with van der Waals surface area (Å²) >= 11 is 5.36. The Balaban J connectivity index is 2.18. The minimum atomic E-state index is 0.210. The third-order valence-corrected chi connectivity index (χ3v) is 5.91. The summed E-state index contributed by atoms with van der Waals surface area (Å²) in [5.74, 6) is 0.880. The van der Waals surface area contributed by atoms with E-state index in [1.807, 2.05) is 11.3 Å². The Morgan fingerprint density at radius 3 is 2.67 bits per heavy atom. The van der Waals surface area contributed by atoms with Crippen molar-refractivity contribution in [2.75, 3.05) is 7.05 Å². The maximum absolute atomic E-state index is 6.37. The Bertz CT molecular complexity index is 389. The molecule has 1 aromatic rings. The highest BCUT2D eigenvalue weighted by Gasteiger charge is 2.35. The van der Waals surface area contributed by atoms with Crippen molar-refractivity contribution in [2.45, 2.75) is 51.2 Å². The van der Waals surface area contributed by atoms with Gasteiger partial charge in [0.05, 0.1) is 6.04 Å². The van der Waals surface area contributed by atoms with E-state index in [9.17, 15) is 0 Å². The van der Waals surface area contributed by atoms with Gasteiger partial charge in [0.25, 0.3) is 0 Å². The molecule has 3 atom stereocenters. The molecule has 0 amide bonds. The highest BCUT2D eigenvalue weighted by Crippen LogP contribution is 2.39. The number of nitrogens with zero attached hydrogens (tertiary/aromatic N) is 1. The first-order chi connectivity index (χ1) is 8.54. The number of hydrogen-bond donors (Lipinski definition) is 1. The van der Waals surface area contributed by atoms with Crippen LogP contribution in [0.2, 0.25) is 0 Å². The Hall–Kier alpha value is 0.1000. The van der Waals surface area contributed by atoms with Gasteiger partial charge >= 0.3 is 0 Å². The van der Waals surface area contributed by atoms with Crippen molar-refractivity contribution >= 4 is 27.3 Å². The van der Waals surface area contributed by atoms with Gasteiger partial charge in [-0.2, -0.15) is 0 Å². The molecule has 0 radical (unpaired) electrons. The minimum absolute atomic E-state index is 0.210. The summed E-state index contributed by atoms with van der Waals surface area (Å²) in [6.45, 7) is 4.52. The molecular weight excluding hydrogens is 308 g/mol. The van der Waals surface area contributed by atoms with Crippen molar-refractivity contribution in [2.24, 2.45) is 11.7 Å². The minimum Gasteiger partial charge on any atom is -0.326 e. The van der Waals surface area contributed by atoms with Crippen molar-refractivity contribution < 1.29 is 0 Å². The standard InChI is InChI=1S/C14H23BrN2S/c1-4-12(16)14(13-7-11(15)8-18-13)17(3)9(2)10-5-6-10/h7-10,12,14H,4-6,16H2,1-3H3. The second-order valence-corrected chi connectivity index (χ2v) is 7.29. The molecule has 1 saturated carbocycles. The second kappa shape index (κ2) is 6.04. The Morgan fingerprint density at radius 1 is 1.56 bits per heavy atom. The number of hydrogen-bond acceptors (Lipinski definition) is 3. The molecule has 3 unspecified atom stereocenters. The van der Waals surface area contributed by atoms with Crippen molar-refractivity contribution in [3.8, 4) is 0 Å². The van der Waals surface area contributed by atoms with Crippen LogP contribution in [0.3, 0.4) is 0 Å². The van der Waals surface area contributed by atoms with E-state index >= 15 is 0 Å². The van der Waals surface area contributed by atoms with Crippen LogP contribution in [0.25, 0.3) is 0 Å². The van der Waals surface area contributed by atoms with Gasteiger partial charge in [0.15, 0.2) is 0 Å². The number of nitrogens with two attached hydrogens (primary N) is 1. The van der Waals surface area contributed by atoms with Crippen LogP contribution in [0.4, 0.5) is 0 Å². The fraction of sp³-hybridized carbons (Fsp3) is 0.714. The van der Waals surface area contributed by atoms with Gasteiger partial charge in [0, 0.05) is 26.8 Å². The summed E-state index contributed by atoms with van der Waals surface area (Å²) < 4.78 is 1.17. The van der Waals surface area contributed by atoms with Crippen molar-refractivity contribution in [1.82, 2.24) is 4.90 Å². The second-order valence-electron chi connectivity index (χ2n) is 5.43. The molecule has 18 heavy (non-hydrogen) atoms. The van der Waals surface area contributed by atoms with Crippen LogP contribution in [-0.2, 0) is 0 Å². The van der Waals surface area contributed by atoms with Crippen LogP contribution in [0.5, 0.6) is 0 Å². The van der Waals surface area contributed by atoms with E-state index < -0.39 is 0 Å². The molecule has 0 aromatic carbocycles. The van der Waals surface area contributed by atoms with Crippen LogP contribution in [0, 0.1) is 5.92 Å². The third kappa shape index (κ3) is 3.16.